The van der Waals surface area contributed by atoms with Gasteiger partial charge in [0.2, 0.25) is 0 Å². The van der Waals surface area contributed by atoms with Gasteiger partial charge >= 0.3 is 0 Å². The Balaban J connectivity index is 1.73. The molecule has 3 unspecified atom stereocenters. The molecule has 2 N–H and O–H groups in total. The van der Waals surface area contributed by atoms with Gasteiger partial charge in [-0.05, 0) is 62.8 Å². The van der Waals surface area contributed by atoms with Crippen LogP contribution < -0.4 is 10.6 Å². The van der Waals surface area contributed by atoms with Crippen molar-refractivity contribution < 1.29 is 4.39 Å². The predicted molar refractivity (Wildman–Crippen MR) is 86.1 cm³/mol. The van der Waals surface area contributed by atoms with Crippen molar-refractivity contribution in [1.29, 1.82) is 0 Å². The van der Waals surface area contributed by atoms with Gasteiger partial charge in [-0.1, -0.05) is 25.3 Å². The molecular formula is C18H27FN2. The van der Waals surface area contributed by atoms with Gasteiger partial charge in [0.25, 0.3) is 0 Å². The van der Waals surface area contributed by atoms with Crippen LogP contribution >= 0.6 is 0 Å². The SMILES string of the molecule is Cc1ccc(F)c(NC2CCCCC2C2CCCCN2)c1. The third-order valence-corrected chi connectivity index (χ3v) is 5.15. The maximum Gasteiger partial charge on any atom is 0.146 e. The highest BCUT2D eigenvalue weighted by atomic mass is 19.1. The van der Waals surface area contributed by atoms with E-state index in [0.29, 0.717) is 23.7 Å². The highest BCUT2D eigenvalue weighted by Crippen LogP contribution is 2.33. The molecule has 3 heteroatoms. The van der Waals surface area contributed by atoms with Crippen LogP contribution in [0.25, 0.3) is 0 Å². The number of hydrogen-bond acceptors (Lipinski definition) is 2. The van der Waals surface area contributed by atoms with Crippen LogP contribution in [0, 0.1) is 18.7 Å². The Morgan fingerprint density at radius 1 is 1.10 bits per heavy atom. The van der Waals surface area contributed by atoms with Crippen molar-refractivity contribution in [3.8, 4) is 0 Å². The summed E-state index contributed by atoms with van der Waals surface area (Å²) in [5.74, 6) is 0.514. The predicted octanol–water partition coefficient (Wildman–Crippen LogP) is 4.25. The lowest BCUT2D eigenvalue weighted by molar-refractivity contribution is 0.217. The van der Waals surface area contributed by atoms with E-state index in [4.69, 9.17) is 0 Å². The second-order valence-corrected chi connectivity index (χ2v) is 6.74. The van der Waals surface area contributed by atoms with Gasteiger partial charge in [-0.15, -0.1) is 0 Å². The minimum absolute atomic E-state index is 0.124. The fourth-order valence-electron chi connectivity index (χ4n) is 4.01. The molecule has 1 aromatic rings. The molecule has 3 rings (SSSR count). The van der Waals surface area contributed by atoms with E-state index >= 15 is 0 Å². The van der Waals surface area contributed by atoms with Crippen LogP contribution in [-0.4, -0.2) is 18.6 Å². The molecule has 2 fully saturated rings. The summed E-state index contributed by atoms with van der Waals surface area (Å²) in [6.07, 6.45) is 8.91. The molecule has 2 aliphatic rings. The maximum absolute atomic E-state index is 14.0. The quantitative estimate of drug-likeness (QED) is 0.869. The van der Waals surface area contributed by atoms with Crippen LogP contribution in [0.15, 0.2) is 18.2 Å². The zero-order valence-corrected chi connectivity index (χ0v) is 13.0. The largest absolute Gasteiger partial charge is 0.380 e. The van der Waals surface area contributed by atoms with Crippen LogP contribution in [0.1, 0.15) is 50.5 Å². The number of hydrogen-bond donors (Lipinski definition) is 2. The van der Waals surface area contributed by atoms with E-state index in [1.54, 1.807) is 6.07 Å². The molecule has 1 aromatic carbocycles. The number of nitrogens with one attached hydrogen (secondary N) is 2. The number of anilines is 1. The van der Waals surface area contributed by atoms with Crippen LogP contribution in [0.2, 0.25) is 0 Å². The summed E-state index contributed by atoms with van der Waals surface area (Å²) in [6.45, 7) is 3.17. The Morgan fingerprint density at radius 3 is 2.71 bits per heavy atom. The van der Waals surface area contributed by atoms with E-state index in [0.717, 1.165) is 18.5 Å². The molecule has 116 valence electrons. The van der Waals surface area contributed by atoms with Crippen molar-refractivity contribution >= 4 is 5.69 Å². The highest BCUT2D eigenvalue weighted by Gasteiger charge is 2.32. The van der Waals surface area contributed by atoms with Crippen LogP contribution in [0.4, 0.5) is 10.1 Å². The van der Waals surface area contributed by atoms with Crippen molar-refractivity contribution in [2.75, 3.05) is 11.9 Å². The number of halogens is 1. The third-order valence-electron chi connectivity index (χ3n) is 5.15. The Labute approximate surface area is 127 Å². The van der Waals surface area contributed by atoms with E-state index < -0.39 is 0 Å². The normalized spacial score (nSPS) is 30.1. The minimum atomic E-state index is -0.124. The monoisotopic (exact) mass is 290 g/mol. The van der Waals surface area contributed by atoms with Crippen LogP contribution in [-0.2, 0) is 0 Å². The summed E-state index contributed by atoms with van der Waals surface area (Å²) in [5.41, 5.74) is 1.80. The van der Waals surface area contributed by atoms with Gasteiger partial charge < -0.3 is 10.6 Å². The smallest absolute Gasteiger partial charge is 0.146 e. The first kappa shape index (κ1) is 14.8. The van der Waals surface area contributed by atoms with E-state index in [-0.39, 0.29) is 5.82 Å². The van der Waals surface area contributed by atoms with E-state index in [1.807, 2.05) is 19.1 Å². The Bertz CT molecular complexity index is 468. The standard InChI is InChI=1S/C18H27FN2/c1-13-9-10-15(19)18(12-13)21-17-8-3-2-6-14(17)16-7-4-5-11-20-16/h9-10,12,14,16-17,20-21H,2-8,11H2,1H3. The molecule has 0 amide bonds. The Morgan fingerprint density at radius 2 is 1.90 bits per heavy atom. The Kier molecular flexibility index (Phi) is 4.79. The van der Waals surface area contributed by atoms with Crippen molar-refractivity contribution in [2.24, 2.45) is 5.92 Å². The second kappa shape index (κ2) is 6.78. The van der Waals surface area contributed by atoms with Gasteiger partial charge in [-0.2, -0.15) is 0 Å². The van der Waals surface area contributed by atoms with Gasteiger partial charge in [0.05, 0.1) is 5.69 Å². The van der Waals surface area contributed by atoms with E-state index in [1.165, 1.54) is 38.5 Å². The topological polar surface area (TPSA) is 24.1 Å². The summed E-state index contributed by atoms with van der Waals surface area (Å²) in [7, 11) is 0. The molecule has 0 spiro atoms. The summed E-state index contributed by atoms with van der Waals surface area (Å²) >= 11 is 0. The number of rotatable bonds is 3. The molecule has 0 aromatic heterocycles. The number of benzene rings is 1. The molecule has 21 heavy (non-hydrogen) atoms. The molecule has 1 saturated carbocycles. The molecule has 2 nitrogen and oxygen atoms in total. The molecule has 0 bridgehead atoms. The third kappa shape index (κ3) is 3.57. The number of piperidine rings is 1. The van der Waals surface area contributed by atoms with Gasteiger partial charge in [0.1, 0.15) is 5.82 Å². The lowest BCUT2D eigenvalue weighted by Crippen LogP contribution is -2.48. The van der Waals surface area contributed by atoms with Crippen molar-refractivity contribution in [2.45, 2.75) is 64.0 Å². The average molecular weight is 290 g/mol. The molecule has 1 aliphatic heterocycles. The van der Waals surface area contributed by atoms with Gasteiger partial charge in [0, 0.05) is 12.1 Å². The number of aryl methyl sites for hydroxylation is 1. The highest BCUT2D eigenvalue weighted by molar-refractivity contribution is 5.48. The Hall–Kier alpha value is -1.09. The first-order valence-corrected chi connectivity index (χ1v) is 8.50. The molecule has 0 radical (unpaired) electrons. The fraction of sp³-hybridized carbons (Fsp3) is 0.667. The molecular weight excluding hydrogens is 263 g/mol. The summed E-state index contributed by atoms with van der Waals surface area (Å²) < 4.78 is 14.0. The van der Waals surface area contributed by atoms with Gasteiger partial charge in [0.15, 0.2) is 0 Å². The summed E-state index contributed by atoms with van der Waals surface area (Å²) in [6, 6.07) is 6.38. The average Bonchev–Trinajstić information content (AvgIpc) is 2.52. The summed E-state index contributed by atoms with van der Waals surface area (Å²) in [4.78, 5) is 0. The van der Waals surface area contributed by atoms with Crippen molar-refractivity contribution in [1.82, 2.24) is 5.32 Å². The first-order valence-electron chi connectivity index (χ1n) is 8.50. The van der Waals surface area contributed by atoms with Crippen LogP contribution in [0.3, 0.4) is 0 Å². The molecule has 1 saturated heterocycles. The van der Waals surface area contributed by atoms with Gasteiger partial charge in [-0.3, -0.25) is 0 Å². The van der Waals surface area contributed by atoms with Crippen LogP contribution in [0.5, 0.6) is 0 Å². The zero-order valence-electron chi connectivity index (χ0n) is 13.0. The van der Waals surface area contributed by atoms with E-state index in [2.05, 4.69) is 10.6 Å². The maximum atomic E-state index is 14.0. The van der Waals surface area contributed by atoms with Gasteiger partial charge in [-0.25, -0.2) is 4.39 Å². The minimum Gasteiger partial charge on any atom is -0.380 e. The lowest BCUT2D eigenvalue weighted by Gasteiger charge is -2.40. The molecule has 1 aliphatic carbocycles. The zero-order chi connectivity index (χ0) is 14.7. The first-order chi connectivity index (χ1) is 10.2. The fourth-order valence-corrected chi connectivity index (χ4v) is 4.01. The van der Waals surface area contributed by atoms with Crippen molar-refractivity contribution in [3.63, 3.8) is 0 Å². The second-order valence-electron chi connectivity index (χ2n) is 6.74. The van der Waals surface area contributed by atoms with Crippen molar-refractivity contribution in [3.05, 3.63) is 29.6 Å². The summed E-state index contributed by atoms with van der Waals surface area (Å²) in [5, 5.41) is 7.22. The molecule has 1 heterocycles. The molecule has 3 atom stereocenters. The lowest BCUT2D eigenvalue weighted by atomic mass is 9.77. The van der Waals surface area contributed by atoms with E-state index in [9.17, 15) is 4.39 Å².